The molecule has 3 aromatic carbocycles. The van der Waals surface area contributed by atoms with Crippen molar-refractivity contribution in [1.29, 1.82) is 0 Å². The molecule has 2 heteroatoms. The summed E-state index contributed by atoms with van der Waals surface area (Å²) in [4.78, 5) is 4.94. The number of rotatable bonds is 0. The number of hydrogen-bond acceptors (Lipinski definition) is 2. The van der Waals surface area contributed by atoms with Crippen LogP contribution in [-0.2, 0) is 5.41 Å². The molecule has 0 bridgehead atoms. The van der Waals surface area contributed by atoms with Gasteiger partial charge in [-0.2, -0.15) is 0 Å². The predicted molar refractivity (Wildman–Crippen MR) is 107 cm³/mol. The molecule has 0 N–H and O–H groups in total. The van der Waals surface area contributed by atoms with Crippen LogP contribution in [0.15, 0.2) is 71.3 Å². The highest BCUT2D eigenvalue weighted by atomic mass is 16.3. The van der Waals surface area contributed by atoms with Gasteiger partial charge in [-0.05, 0) is 28.6 Å². The van der Waals surface area contributed by atoms with E-state index in [1.165, 1.54) is 38.2 Å². The Hall–Kier alpha value is -3.13. The Kier molecular flexibility index (Phi) is 2.45. The molecule has 0 fully saturated rings. The Balaban J connectivity index is 1.96. The van der Waals surface area contributed by atoms with E-state index in [9.17, 15) is 0 Å². The van der Waals surface area contributed by atoms with Gasteiger partial charge in [0.05, 0.1) is 5.69 Å². The molecule has 0 unspecified atom stereocenters. The van der Waals surface area contributed by atoms with Gasteiger partial charge in [0, 0.05) is 33.3 Å². The lowest BCUT2D eigenvalue weighted by Gasteiger charge is -2.28. The van der Waals surface area contributed by atoms with Gasteiger partial charge < -0.3 is 4.42 Å². The first-order chi connectivity index (χ1) is 12.7. The van der Waals surface area contributed by atoms with Gasteiger partial charge >= 0.3 is 0 Å². The number of benzene rings is 3. The van der Waals surface area contributed by atoms with Crippen molar-refractivity contribution in [2.45, 2.75) is 19.3 Å². The second-order valence-electron chi connectivity index (χ2n) is 7.65. The lowest BCUT2D eigenvalue weighted by atomic mass is 9.75. The van der Waals surface area contributed by atoms with E-state index in [0.717, 1.165) is 16.9 Å². The fourth-order valence-corrected chi connectivity index (χ4v) is 4.72. The van der Waals surface area contributed by atoms with Crippen LogP contribution in [0.4, 0.5) is 0 Å². The standard InChI is InChI=1S/C24H17NO/c1-24(2)17-10-6-12-19-21(17)20-16(9-5-11-18(20)26-19)23-22(24)15-8-4-3-7-14(15)13-25-23/h3-13H,1-2H3. The zero-order valence-corrected chi connectivity index (χ0v) is 14.7. The number of nitrogens with zero attached hydrogens (tertiary/aromatic N) is 1. The summed E-state index contributed by atoms with van der Waals surface area (Å²) in [6.07, 6.45) is 2.00. The lowest BCUT2D eigenvalue weighted by Crippen LogP contribution is -2.20. The van der Waals surface area contributed by atoms with E-state index in [4.69, 9.17) is 9.40 Å². The second-order valence-corrected chi connectivity index (χ2v) is 7.65. The van der Waals surface area contributed by atoms with E-state index < -0.39 is 0 Å². The first kappa shape index (κ1) is 14.1. The fraction of sp³-hybridized carbons (Fsp3) is 0.125. The van der Waals surface area contributed by atoms with Crippen molar-refractivity contribution >= 4 is 32.7 Å². The van der Waals surface area contributed by atoms with Crippen molar-refractivity contribution in [3.05, 3.63) is 78.0 Å². The summed E-state index contributed by atoms with van der Waals surface area (Å²) < 4.78 is 6.18. The number of fused-ring (bicyclic) bond motifs is 4. The van der Waals surface area contributed by atoms with Crippen molar-refractivity contribution < 1.29 is 4.42 Å². The highest BCUT2D eigenvalue weighted by Gasteiger charge is 2.35. The Labute approximate surface area is 151 Å². The number of hydrogen-bond donors (Lipinski definition) is 0. The van der Waals surface area contributed by atoms with Crippen molar-refractivity contribution in [3.63, 3.8) is 0 Å². The molecule has 0 amide bonds. The predicted octanol–water partition coefficient (Wildman–Crippen LogP) is 6.44. The van der Waals surface area contributed by atoms with Crippen LogP contribution in [0.3, 0.4) is 0 Å². The highest BCUT2D eigenvalue weighted by molar-refractivity contribution is 6.16. The second kappa shape index (κ2) is 4.53. The zero-order chi connectivity index (χ0) is 17.5. The quantitative estimate of drug-likeness (QED) is 0.325. The molecule has 0 aliphatic heterocycles. The largest absolute Gasteiger partial charge is 0.456 e. The van der Waals surface area contributed by atoms with Gasteiger partial charge in [-0.25, -0.2) is 0 Å². The Bertz CT molecular complexity index is 1360. The maximum Gasteiger partial charge on any atom is 0.136 e. The molecule has 0 saturated carbocycles. The molecule has 0 atom stereocenters. The number of furan rings is 1. The topological polar surface area (TPSA) is 26.0 Å². The molecule has 0 spiro atoms. The molecule has 0 radical (unpaired) electrons. The monoisotopic (exact) mass is 335 g/mol. The van der Waals surface area contributed by atoms with E-state index >= 15 is 0 Å². The number of pyridine rings is 1. The summed E-state index contributed by atoms with van der Waals surface area (Å²) in [7, 11) is 0. The van der Waals surface area contributed by atoms with Crippen LogP contribution in [0, 0.1) is 0 Å². The first-order valence-corrected chi connectivity index (χ1v) is 8.99. The molecular formula is C24H17NO. The lowest BCUT2D eigenvalue weighted by molar-refractivity contribution is 0.646. The minimum absolute atomic E-state index is 0.182. The van der Waals surface area contributed by atoms with Gasteiger partial charge in [0.15, 0.2) is 0 Å². The van der Waals surface area contributed by atoms with Crippen LogP contribution in [0.5, 0.6) is 0 Å². The summed E-state index contributed by atoms with van der Waals surface area (Å²) in [6.45, 7) is 4.61. The van der Waals surface area contributed by atoms with Gasteiger partial charge in [0.1, 0.15) is 11.2 Å². The van der Waals surface area contributed by atoms with Crippen LogP contribution in [0.25, 0.3) is 44.0 Å². The molecule has 1 aliphatic rings. The Morgan fingerprint density at radius 2 is 1.58 bits per heavy atom. The van der Waals surface area contributed by atoms with Crippen LogP contribution in [0.2, 0.25) is 0 Å². The summed E-state index contributed by atoms with van der Waals surface area (Å²) in [5.41, 5.74) is 6.54. The van der Waals surface area contributed by atoms with E-state index in [-0.39, 0.29) is 5.41 Å². The molecule has 0 saturated heterocycles. The molecule has 6 rings (SSSR count). The maximum absolute atomic E-state index is 6.18. The first-order valence-electron chi connectivity index (χ1n) is 8.99. The zero-order valence-electron chi connectivity index (χ0n) is 14.7. The van der Waals surface area contributed by atoms with E-state index in [1.54, 1.807) is 0 Å². The van der Waals surface area contributed by atoms with Crippen molar-refractivity contribution in [1.82, 2.24) is 4.98 Å². The van der Waals surface area contributed by atoms with Gasteiger partial charge in [-0.3, -0.25) is 4.98 Å². The Morgan fingerprint density at radius 1 is 0.808 bits per heavy atom. The van der Waals surface area contributed by atoms with Gasteiger partial charge in [-0.1, -0.05) is 62.4 Å². The molecular weight excluding hydrogens is 318 g/mol. The molecule has 2 heterocycles. The SMILES string of the molecule is CC1(C)c2c(ncc3ccccc23)-c2cccc3oc4cccc1c4c23. The molecule has 124 valence electrons. The highest BCUT2D eigenvalue weighted by Crippen LogP contribution is 2.50. The van der Waals surface area contributed by atoms with Crippen molar-refractivity contribution in [2.75, 3.05) is 0 Å². The smallest absolute Gasteiger partial charge is 0.136 e. The Morgan fingerprint density at radius 3 is 2.46 bits per heavy atom. The third-order valence-electron chi connectivity index (χ3n) is 5.88. The third-order valence-corrected chi connectivity index (χ3v) is 5.88. The average molecular weight is 335 g/mol. The van der Waals surface area contributed by atoms with Crippen LogP contribution in [-0.4, -0.2) is 4.98 Å². The van der Waals surface area contributed by atoms with E-state index in [2.05, 4.69) is 74.5 Å². The van der Waals surface area contributed by atoms with Crippen LogP contribution >= 0.6 is 0 Å². The van der Waals surface area contributed by atoms with Gasteiger partial charge in [0.25, 0.3) is 0 Å². The molecule has 2 aromatic heterocycles. The summed E-state index contributed by atoms with van der Waals surface area (Å²) in [5, 5.41) is 4.88. The van der Waals surface area contributed by atoms with Crippen LogP contribution < -0.4 is 0 Å². The van der Waals surface area contributed by atoms with Crippen LogP contribution in [0.1, 0.15) is 25.0 Å². The fourth-order valence-electron chi connectivity index (χ4n) is 4.72. The van der Waals surface area contributed by atoms with E-state index in [1.807, 2.05) is 6.20 Å². The molecule has 2 nitrogen and oxygen atoms in total. The summed E-state index contributed by atoms with van der Waals surface area (Å²) >= 11 is 0. The maximum atomic E-state index is 6.18. The summed E-state index contributed by atoms with van der Waals surface area (Å²) in [6, 6.07) is 21.3. The van der Waals surface area contributed by atoms with Gasteiger partial charge in [0.2, 0.25) is 0 Å². The normalized spacial score (nSPS) is 14.8. The average Bonchev–Trinajstić information content (AvgIpc) is 3.01. The third kappa shape index (κ3) is 1.55. The number of aromatic nitrogens is 1. The minimum atomic E-state index is -0.182. The molecule has 1 aliphatic carbocycles. The van der Waals surface area contributed by atoms with Crippen molar-refractivity contribution in [3.8, 4) is 11.3 Å². The van der Waals surface area contributed by atoms with Crippen molar-refractivity contribution in [2.24, 2.45) is 0 Å². The minimum Gasteiger partial charge on any atom is -0.456 e. The summed E-state index contributed by atoms with van der Waals surface area (Å²) in [5.74, 6) is 0. The van der Waals surface area contributed by atoms with E-state index in [0.29, 0.717) is 0 Å². The van der Waals surface area contributed by atoms with Gasteiger partial charge in [-0.15, -0.1) is 0 Å². The molecule has 26 heavy (non-hydrogen) atoms. The molecule has 5 aromatic rings.